The zero-order valence-corrected chi connectivity index (χ0v) is 9.09. The Balaban J connectivity index is 2.26. The fourth-order valence-electron chi connectivity index (χ4n) is 1.56. The number of furan rings is 1. The maximum atomic E-state index is 9.07. The van der Waals surface area contributed by atoms with E-state index in [0.717, 1.165) is 11.3 Å². The van der Waals surface area contributed by atoms with Gasteiger partial charge in [-0.3, -0.25) is 0 Å². The van der Waals surface area contributed by atoms with Gasteiger partial charge in [0, 0.05) is 12.7 Å². The molecular formula is C13H14O3. The van der Waals surface area contributed by atoms with Crippen molar-refractivity contribution in [2.45, 2.75) is 6.10 Å². The van der Waals surface area contributed by atoms with E-state index in [0.29, 0.717) is 5.76 Å². The van der Waals surface area contributed by atoms with Gasteiger partial charge in [0.05, 0.1) is 6.61 Å². The van der Waals surface area contributed by atoms with Gasteiger partial charge in [-0.05, 0) is 12.1 Å². The fourth-order valence-corrected chi connectivity index (χ4v) is 1.56. The molecule has 0 aliphatic rings. The molecule has 1 heterocycles. The number of hydrogen-bond donors (Lipinski definition) is 1. The fraction of sp³-hybridized carbons (Fsp3) is 0.231. The van der Waals surface area contributed by atoms with Crippen LogP contribution in [-0.4, -0.2) is 18.8 Å². The Morgan fingerprint density at radius 1 is 1.19 bits per heavy atom. The Morgan fingerprint density at radius 2 is 1.94 bits per heavy atom. The van der Waals surface area contributed by atoms with Crippen LogP contribution in [0.4, 0.5) is 0 Å². The third-order valence-corrected chi connectivity index (χ3v) is 2.45. The molecule has 1 unspecified atom stereocenters. The summed E-state index contributed by atoms with van der Waals surface area (Å²) in [6, 6.07) is 13.5. The van der Waals surface area contributed by atoms with E-state index in [2.05, 4.69) is 0 Å². The maximum Gasteiger partial charge on any atom is 0.138 e. The molecule has 0 aliphatic carbocycles. The molecule has 0 aliphatic heterocycles. The van der Waals surface area contributed by atoms with Gasteiger partial charge in [-0.2, -0.15) is 0 Å². The molecule has 1 aromatic carbocycles. The second-order valence-electron chi connectivity index (χ2n) is 3.47. The molecule has 1 N–H and O–H groups in total. The van der Waals surface area contributed by atoms with Crippen molar-refractivity contribution in [1.82, 2.24) is 0 Å². The van der Waals surface area contributed by atoms with Gasteiger partial charge >= 0.3 is 0 Å². The van der Waals surface area contributed by atoms with Crippen LogP contribution in [0.3, 0.4) is 0 Å². The maximum absolute atomic E-state index is 9.07. The average molecular weight is 218 g/mol. The van der Waals surface area contributed by atoms with Gasteiger partial charge < -0.3 is 14.3 Å². The van der Waals surface area contributed by atoms with Crippen molar-refractivity contribution in [2.75, 3.05) is 13.7 Å². The second kappa shape index (κ2) is 4.96. The molecule has 16 heavy (non-hydrogen) atoms. The molecule has 3 heteroatoms. The third-order valence-electron chi connectivity index (χ3n) is 2.45. The van der Waals surface area contributed by atoms with Crippen molar-refractivity contribution in [3.05, 3.63) is 48.2 Å². The number of aliphatic hydroxyl groups is 1. The van der Waals surface area contributed by atoms with Crippen LogP contribution in [0, 0.1) is 0 Å². The molecule has 0 saturated heterocycles. The standard InChI is InChI=1S/C13H14O3/c1-15-13(9-14)12-8-7-11(16-12)10-5-3-2-4-6-10/h2-8,13-14H,9H2,1H3. The summed E-state index contributed by atoms with van der Waals surface area (Å²) in [7, 11) is 1.55. The highest BCUT2D eigenvalue weighted by Crippen LogP contribution is 2.26. The molecule has 0 radical (unpaired) electrons. The molecule has 1 aromatic heterocycles. The predicted octanol–water partition coefficient (Wildman–Crippen LogP) is 2.63. The minimum atomic E-state index is -0.391. The number of hydrogen-bond acceptors (Lipinski definition) is 3. The third kappa shape index (κ3) is 2.15. The molecule has 84 valence electrons. The molecule has 0 saturated carbocycles. The minimum absolute atomic E-state index is 0.0851. The summed E-state index contributed by atoms with van der Waals surface area (Å²) in [6.45, 7) is -0.0851. The van der Waals surface area contributed by atoms with Crippen LogP contribution < -0.4 is 0 Å². The largest absolute Gasteiger partial charge is 0.458 e. The van der Waals surface area contributed by atoms with Crippen molar-refractivity contribution < 1.29 is 14.3 Å². The van der Waals surface area contributed by atoms with Crippen LogP contribution in [-0.2, 0) is 4.74 Å². The molecule has 3 nitrogen and oxygen atoms in total. The van der Waals surface area contributed by atoms with Gasteiger partial charge in [0.25, 0.3) is 0 Å². The smallest absolute Gasteiger partial charge is 0.138 e. The zero-order chi connectivity index (χ0) is 11.4. The summed E-state index contributed by atoms with van der Waals surface area (Å²) in [4.78, 5) is 0. The molecule has 0 fully saturated rings. The minimum Gasteiger partial charge on any atom is -0.458 e. The topological polar surface area (TPSA) is 42.6 Å². The lowest BCUT2D eigenvalue weighted by atomic mass is 10.2. The van der Waals surface area contributed by atoms with Gasteiger partial charge in [0.15, 0.2) is 0 Å². The quantitative estimate of drug-likeness (QED) is 0.857. The van der Waals surface area contributed by atoms with E-state index in [-0.39, 0.29) is 6.61 Å². The van der Waals surface area contributed by atoms with Gasteiger partial charge in [0.1, 0.15) is 17.6 Å². The van der Waals surface area contributed by atoms with Gasteiger partial charge in [-0.1, -0.05) is 30.3 Å². The highest BCUT2D eigenvalue weighted by Gasteiger charge is 2.14. The SMILES string of the molecule is COC(CO)c1ccc(-c2ccccc2)o1. The summed E-state index contributed by atoms with van der Waals surface area (Å²) in [5, 5.41) is 9.07. The van der Waals surface area contributed by atoms with Crippen molar-refractivity contribution in [1.29, 1.82) is 0 Å². The highest BCUT2D eigenvalue weighted by molar-refractivity contribution is 5.57. The Kier molecular flexibility index (Phi) is 3.39. The lowest BCUT2D eigenvalue weighted by molar-refractivity contribution is 0.0338. The Bertz CT molecular complexity index is 429. The lowest BCUT2D eigenvalue weighted by Gasteiger charge is -2.08. The summed E-state index contributed by atoms with van der Waals surface area (Å²) in [5.41, 5.74) is 1.02. The van der Waals surface area contributed by atoms with Crippen molar-refractivity contribution in [2.24, 2.45) is 0 Å². The monoisotopic (exact) mass is 218 g/mol. The van der Waals surface area contributed by atoms with Crippen LogP contribution in [0.5, 0.6) is 0 Å². The first-order chi connectivity index (χ1) is 7.85. The van der Waals surface area contributed by atoms with E-state index in [4.69, 9.17) is 14.3 Å². The van der Waals surface area contributed by atoms with E-state index < -0.39 is 6.10 Å². The first-order valence-electron chi connectivity index (χ1n) is 5.14. The first-order valence-corrected chi connectivity index (χ1v) is 5.14. The van der Waals surface area contributed by atoms with E-state index in [9.17, 15) is 0 Å². The summed E-state index contributed by atoms with van der Waals surface area (Å²) in [6.07, 6.45) is -0.391. The van der Waals surface area contributed by atoms with Crippen LogP contribution in [0.1, 0.15) is 11.9 Å². The normalized spacial score (nSPS) is 12.6. The molecular weight excluding hydrogens is 204 g/mol. The summed E-state index contributed by atoms with van der Waals surface area (Å²) in [5.74, 6) is 1.43. The van der Waals surface area contributed by atoms with Gasteiger partial charge in [-0.15, -0.1) is 0 Å². The molecule has 2 aromatic rings. The molecule has 0 bridgehead atoms. The zero-order valence-electron chi connectivity index (χ0n) is 9.09. The molecule has 2 rings (SSSR count). The van der Waals surface area contributed by atoms with E-state index in [1.54, 1.807) is 7.11 Å². The van der Waals surface area contributed by atoms with Crippen molar-refractivity contribution in [3.63, 3.8) is 0 Å². The van der Waals surface area contributed by atoms with Crippen molar-refractivity contribution in [3.8, 4) is 11.3 Å². The average Bonchev–Trinajstić information content (AvgIpc) is 2.81. The number of aliphatic hydroxyl groups excluding tert-OH is 1. The van der Waals surface area contributed by atoms with Gasteiger partial charge in [-0.25, -0.2) is 0 Å². The molecule has 1 atom stereocenters. The lowest BCUT2D eigenvalue weighted by Crippen LogP contribution is -2.04. The summed E-state index contributed by atoms with van der Waals surface area (Å²) < 4.78 is 10.7. The summed E-state index contributed by atoms with van der Waals surface area (Å²) >= 11 is 0. The van der Waals surface area contributed by atoms with Crippen molar-refractivity contribution >= 4 is 0 Å². The number of benzene rings is 1. The number of methoxy groups -OCH3 is 1. The van der Waals surface area contributed by atoms with Crippen LogP contribution in [0.2, 0.25) is 0 Å². The van der Waals surface area contributed by atoms with Crippen LogP contribution in [0.25, 0.3) is 11.3 Å². The van der Waals surface area contributed by atoms with Crippen LogP contribution in [0.15, 0.2) is 46.9 Å². The van der Waals surface area contributed by atoms with E-state index in [1.165, 1.54) is 0 Å². The Hall–Kier alpha value is -1.58. The van der Waals surface area contributed by atoms with E-state index >= 15 is 0 Å². The molecule has 0 amide bonds. The Morgan fingerprint density at radius 3 is 2.56 bits per heavy atom. The van der Waals surface area contributed by atoms with Crippen LogP contribution >= 0.6 is 0 Å². The van der Waals surface area contributed by atoms with E-state index in [1.807, 2.05) is 42.5 Å². The first kappa shape index (κ1) is 10.9. The number of rotatable bonds is 4. The van der Waals surface area contributed by atoms with Gasteiger partial charge in [0.2, 0.25) is 0 Å². The number of ether oxygens (including phenoxy) is 1. The Labute approximate surface area is 94.3 Å². The highest BCUT2D eigenvalue weighted by atomic mass is 16.5. The molecule has 0 spiro atoms. The second-order valence-corrected chi connectivity index (χ2v) is 3.47. The predicted molar refractivity (Wildman–Crippen MR) is 61.0 cm³/mol.